The van der Waals surface area contributed by atoms with E-state index in [4.69, 9.17) is 4.74 Å². The molecule has 1 aromatic rings. The summed E-state index contributed by atoms with van der Waals surface area (Å²) in [6.45, 7) is 2.32. The maximum Gasteiger partial charge on any atom is 0.137 e. The molecule has 1 rings (SSSR count). The first-order valence-electron chi connectivity index (χ1n) is 5.23. The van der Waals surface area contributed by atoms with E-state index in [0.29, 0.717) is 36.1 Å². The van der Waals surface area contributed by atoms with Crippen LogP contribution < -0.4 is 4.74 Å². The second-order valence-corrected chi connectivity index (χ2v) is 4.27. The van der Waals surface area contributed by atoms with Crippen molar-refractivity contribution in [2.45, 2.75) is 26.2 Å². The van der Waals surface area contributed by atoms with Crippen LogP contribution in [0.5, 0.6) is 5.75 Å². The number of carbonyl (C=O) groups is 1. The van der Waals surface area contributed by atoms with Gasteiger partial charge in [0.25, 0.3) is 0 Å². The van der Waals surface area contributed by atoms with Crippen molar-refractivity contribution in [1.29, 1.82) is 0 Å². The van der Waals surface area contributed by atoms with Crippen LogP contribution in [-0.4, -0.2) is 12.4 Å². The summed E-state index contributed by atoms with van der Waals surface area (Å²) < 4.78 is 18.7. The molecule has 0 amide bonds. The van der Waals surface area contributed by atoms with Gasteiger partial charge < -0.3 is 4.74 Å². The fourth-order valence-electron chi connectivity index (χ4n) is 1.20. The zero-order valence-electron chi connectivity index (χ0n) is 9.13. The van der Waals surface area contributed by atoms with E-state index in [1.165, 1.54) is 6.07 Å². The molecule has 88 valence electrons. The molecule has 0 atom stereocenters. The van der Waals surface area contributed by atoms with Gasteiger partial charge in [-0.1, -0.05) is 6.92 Å². The van der Waals surface area contributed by atoms with Crippen molar-refractivity contribution >= 4 is 21.7 Å². The topological polar surface area (TPSA) is 26.3 Å². The highest BCUT2D eigenvalue weighted by atomic mass is 79.9. The van der Waals surface area contributed by atoms with Crippen molar-refractivity contribution in [2.24, 2.45) is 0 Å². The molecular weight excluding hydrogens is 275 g/mol. The van der Waals surface area contributed by atoms with Gasteiger partial charge >= 0.3 is 0 Å². The number of hydrogen-bond donors (Lipinski definition) is 0. The van der Waals surface area contributed by atoms with Crippen molar-refractivity contribution < 1.29 is 13.9 Å². The predicted molar refractivity (Wildman–Crippen MR) is 64.1 cm³/mol. The maximum absolute atomic E-state index is 12.9. The minimum atomic E-state index is -0.312. The third-order valence-corrected chi connectivity index (χ3v) is 2.76. The molecule has 0 bridgehead atoms. The normalized spacial score (nSPS) is 10.2. The fourth-order valence-corrected chi connectivity index (χ4v) is 1.56. The lowest BCUT2D eigenvalue weighted by Crippen LogP contribution is -2.02. The van der Waals surface area contributed by atoms with Crippen LogP contribution in [0.2, 0.25) is 0 Å². The number of rotatable bonds is 6. The molecule has 0 radical (unpaired) electrons. The Morgan fingerprint density at radius 3 is 2.88 bits per heavy atom. The summed E-state index contributed by atoms with van der Waals surface area (Å²) >= 11 is 3.08. The molecule has 0 aliphatic heterocycles. The van der Waals surface area contributed by atoms with Gasteiger partial charge in [-0.25, -0.2) is 4.39 Å². The molecule has 0 aliphatic carbocycles. The Labute approximate surface area is 103 Å². The van der Waals surface area contributed by atoms with Crippen LogP contribution in [0.3, 0.4) is 0 Å². The molecule has 0 N–H and O–H groups in total. The Balaban J connectivity index is 2.32. The predicted octanol–water partition coefficient (Wildman–Crippen LogP) is 3.73. The van der Waals surface area contributed by atoms with Gasteiger partial charge in [-0.05, 0) is 40.5 Å². The molecule has 4 heteroatoms. The summed E-state index contributed by atoms with van der Waals surface area (Å²) in [5.74, 6) is 0.537. The summed E-state index contributed by atoms with van der Waals surface area (Å²) in [4.78, 5) is 11.0. The van der Waals surface area contributed by atoms with Gasteiger partial charge in [0.2, 0.25) is 0 Å². The van der Waals surface area contributed by atoms with Crippen LogP contribution >= 0.6 is 15.9 Å². The Hall–Kier alpha value is -0.900. The van der Waals surface area contributed by atoms with Crippen molar-refractivity contribution in [2.75, 3.05) is 6.61 Å². The van der Waals surface area contributed by atoms with E-state index in [1.54, 1.807) is 12.1 Å². The van der Waals surface area contributed by atoms with Crippen LogP contribution in [0.1, 0.15) is 26.2 Å². The van der Waals surface area contributed by atoms with Crippen LogP contribution in [0.4, 0.5) is 4.39 Å². The Morgan fingerprint density at radius 2 is 2.25 bits per heavy atom. The first kappa shape index (κ1) is 13.2. The molecule has 0 fully saturated rings. The maximum atomic E-state index is 12.9. The summed E-state index contributed by atoms with van der Waals surface area (Å²) in [6.07, 6.45) is 1.81. The number of benzene rings is 1. The van der Waals surface area contributed by atoms with Gasteiger partial charge in [0.1, 0.15) is 17.3 Å². The van der Waals surface area contributed by atoms with Crippen molar-refractivity contribution in [3.8, 4) is 5.75 Å². The highest BCUT2D eigenvalue weighted by molar-refractivity contribution is 9.10. The van der Waals surface area contributed by atoms with Gasteiger partial charge in [-0.2, -0.15) is 0 Å². The Bertz CT molecular complexity index is 366. The minimum Gasteiger partial charge on any atom is -0.494 e. The van der Waals surface area contributed by atoms with Crippen molar-refractivity contribution in [3.63, 3.8) is 0 Å². The number of halogens is 2. The van der Waals surface area contributed by atoms with Gasteiger partial charge in [0.05, 0.1) is 11.1 Å². The van der Waals surface area contributed by atoms with Crippen LogP contribution in [0.15, 0.2) is 22.7 Å². The number of hydrogen-bond acceptors (Lipinski definition) is 2. The van der Waals surface area contributed by atoms with Crippen molar-refractivity contribution in [1.82, 2.24) is 0 Å². The molecule has 0 heterocycles. The molecule has 0 aliphatic rings. The quantitative estimate of drug-likeness (QED) is 0.746. The van der Waals surface area contributed by atoms with E-state index in [9.17, 15) is 9.18 Å². The standard InChI is InChI=1S/C12H14BrFO2/c1-2-9(15)4-3-7-16-10-5-6-12(14)11(13)8-10/h5-6,8H,2-4,7H2,1H3. The van der Waals surface area contributed by atoms with E-state index in [1.807, 2.05) is 6.92 Å². The summed E-state index contributed by atoms with van der Waals surface area (Å²) in [6, 6.07) is 4.50. The fraction of sp³-hybridized carbons (Fsp3) is 0.417. The molecular formula is C12H14BrFO2. The van der Waals surface area contributed by atoms with Crippen LogP contribution in [-0.2, 0) is 4.79 Å². The third kappa shape index (κ3) is 4.31. The van der Waals surface area contributed by atoms with Gasteiger partial charge in [0.15, 0.2) is 0 Å². The molecule has 0 saturated heterocycles. The minimum absolute atomic E-state index is 0.240. The average Bonchev–Trinajstić information content (AvgIpc) is 2.28. The zero-order chi connectivity index (χ0) is 12.0. The lowest BCUT2D eigenvalue weighted by molar-refractivity contribution is -0.118. The zero-order valence-corrected chi connectivity index (χ0v) is 10.7. The largest absolute Gasteiger partial charge is 0.494 e. The monoisotopic (exact) mass is 288 g/mol. The Morgan fingerprint density at radius 1 is 1.50 bits per heavy atom. The summed E-state index contributed by atoms with van der Waals surface area (Å²) in [5.41, 5.74) is 0. The SMILES string of the molecule is CCC(=O)CCCOc1ccc(F)c(Br)c1. The molecule has 2 nitrogen and oxygen atoms in total. The highest BCUT2D eigenvalue weighted by Gasteiger charge is 2.02. The van der Waals surface area contributed by atoms with Crippen LogP contribution in [0.25, 0.3) is 0 Å². The molecule has 0 aromatic heterocycles. The van der Waals surface area contributed by atoms with Gasteiger partial charge in [-0.15, -0.1) is 0 Å². The Kier molecular flexibility index (Phi) is 5.46. The second kappa shape index (κ2) is 6.63. The lowest BCUT2D eigenvalue weighted by Gasteiger charge is -2.06. The second-order valence-electron chi connectivity index (χ2n) is 3.42. The number of ether oxygens (including phenoxy) is 1. The average molecular weight is 289 g/mol. The van der Waals surface area contributed by atoms with Gasteiger partial charge in [0, 0.05) is 12.8 Å². The summed E-state index contributed by atoms with van der Waals surface area (Å²) in [5, 5.41) is 0. The number of ketones is 1. The smallest absolute Gasteiger partial charge is 0.137 e. The summed E-state index contributed by atoms with van der Waals surface area (Å²) in [7, 11) is 0. The first-order chi connectivity index (χ1) is 7.63. The van der Waals surface area contributed by atoms with Crippen molar-refractivity contribution in [3.05, 3.63) is 28.5 Å². The van der Waals surface area contributed by atoms with E-state index in [-0.39, 0.29) is 11.6 Å². The lowest BCUT2D eigenvalue weighted by atomic mass is 10.2. The highest BCUT2D eigenvalue weighted by Crippen LogP contribution is 2.21. The molecule has 0 saturated carbocycles. The number of carbonyl (C=O) groups excluding carboxylic acids is 1. The van der Waals surface area contributed by atoms with E-state index in [0.717, 1.165) is 0 Å². The molecule has 16 heavy (non-hydrogen) atoms. The van der Waals surface area contributed by atoms with E-state index >= 15 is 0 Å². The van der Waals surface area contributed by atoms with E-state index < -0.39 is 0 Å². The first-order valence-corrected chi connectivity index (χ1v) is 6.02. The molecule has 0 unspecified atom stereocenters. The molecule has 1 aromatic carbocycles. The van der Waals surface area contributed by atoms with Gasteiger partial charge in [-0.3, -0.25) is 4.79 Å². The number of Topliss-reactive ketones (excluding diaryl/α,β-unsaturated/α-hetero) is 1. The van der Waals surface area contributed by atoms with E-state index in [2.05, 4.69) is 15.9 Å². The molecule has 0 spiro atoms. The third-order valence-electron chi connectivity index (χ3n) is 2.15. The van der Waals surface area contributed by atoms with Crippen LogP contribution in [0, 0.1) is 5.82 Å².